The molecule has 0 bridgehead atoms. The van der Waals surface area contributed by atoms with Crippen molar-refractivity contribution in [2.75, 3.05) is 47.7 Å². The molecule has 0 aromatic heterocycles. The Morgan fingerprint density at radius 1 is 1.03 bits per heavy atom. The zero-order chi connectivity index (χ0) is 23.5. The summed E-state index contributed by atoms with van der Waals surface area (Å²) in [5.74, 6) is 0.105. The normalized spacial score (nSPS) is 19.0. The predicted octanol–water partition coefficient (Wildman–Crippen LogP) is 2.54. The van der Waals surface area contributed by atoms with E-state index in [4.69, 9.17) is 23.7 Å². The number of nitrogens with zero attached hydrogens (tertiary/aromatic N) is 1. The number of amides is 1. The number of carbonyl (C=O) groups is 2. The first-order chi connectivity index (χ1) is 16.0. The van der Waals surface area contributed by atoms with E-state index in [0.717, 1.165) is 0 Å². The minimum absolute atomic E-state index is 0.0562. The van der Waals surface area contributed by atoms with Crippen molar-refractivity contribution >= 4 is 17.4 Å². The molecule has 4 rings (SSSR count). The molecule has 2 aromatic carbocycles. The highest BCUT2D eigenvalue weighted by atomic mass is 16.6. The third-order valence-electron chi connectivity index (χ3n) is 5.62. The molecule has 1 amide bonds. The smallest absolute Gasteiger partial charge is 0.295 e. The Bertz CT molecular complexity index is 1110. The highest BCUT2D eigenvalue weighted by Gasteiger charge is 2.47. The average Bonchev–Trinajstić information content (AvgIpc) is 3.10. The summed E-state index contributed by atoms with van der Waals surface area (Å²) in [6.07, 6.45) is 0. The molecular formula is C24H25NO8. The lowest BCUT2D eigenvalue weighted by Gasteiger charge is -2.26. The molecule has 2 aromatic rings. The van der Waals surface area contributed by atoms with Crippen LogP contribution in [0.2, 0.25) is 0 Å². The zero-order valence-electron chi connectivity index (χ0n) is 18.6. The van der Waals surface area contributed by atoms with Gasteiger partial charge in [-0.2, -0.15) is 0 Å². The van der Waals surface area contributed by atoms with Gasteiger partial charge in [0, 0.05) is 24.8 Å². The monoisotopic (exact) mass is 455 g/mol. The van der Waals surface area contributed by atoms with Crippen LogP contribution in [0, 0.1) is 0 Å². The van der Waals surface area contributed by atoms with Gasteiger partial charge in [0.1, 0.15) is 30.5 Å². The van der Waals surface area contributed by atoms with Crippen LogP contribution >= 0.6 is 0 Å². The standard InChI is InChI=1S/C24H25NO8/c1-29-9-8-25-21(16-13-15(30-2)5-7-17(16)31-3)20(23(27)24(25)28)22(26)14-4-6-18-19(12-14)33-11-10-32-18/h4-7,12-13,21,26H,8-11H2,1-3H3. The number of hydrogen-bond acceptors (Lipinski definition) is 8. The van der Waals surface area contributed by atoms with Crippen LogP contribution in [0.3, 0.4) is 0 Å². The second-order valence-electron chi connectivity index (χ2n) is 7.45. The van der Waals surface area contributed by atoms with E-state index in [1.54, 1.807) is 36.4 Å². The predicted molar refractivity (Wildman–Crippen MR) is 118 cm³/mol. The molecule has 0 radical (unpaired) electrons. The van der Waals surface area contributed by atoms with Crippen molar-refractivity contribution in [3.8, 4) is 23.0 Å². The fraction of sp³-hybridized carbons (Fsp3) is 0.333. The summed E-state index contributed by atoms with van der Waals surface area (Å²) in [6, 6.07) is 9.05. The molecule has 1 unspecified atom stereocenters. The first kappa shape index (κ1) is 22.5. The molecule has 1 saturated heterocycles. The van der Waals surface area contributed by atoms with Crippen molar-refractivity contribution in [3.05, 3.63) is 53.1 Å². The molecule has 2 aliphatic rings. The number of aliphatic hydroxyl groups is 1. The fourth-order valence-electron chi connectivity index (χ4n) is 4.02. The molecule has 0 saturated carbocycles. The molecule has 2 aliphatic heterocycles. The minimum atomic E-state index is -0.904. The number of likely N-dealkylation sites (tertiary alicyclic amines) is 1. The lowest BCUT2D eigenvalue weighted by atomic mass is 9.94. The second-order valence-corrected chi connectivity index (χ2v) is 7.45. The Morgan fingerprint density at radius 2 is 1.79 bits per heavy atom. The van der Waals surface area contributed by atoms with Crippen LogP contribution < -0.4 is 18.9 Å². The van der Waals surface area contributed by atoms with Crippen LogP contribution in [0.4, 0.5) is 0 Å². The highest BCUT2D eigenvalue weighted by Crippen LogP contribution is 2.44. The summed E-state index contributed by atoms with van der Waals surface area (Å²) in [5, 5.41) is 11.3. The summed E-state index contributed by atoms with van der Waals surface area (Å²) in [5.41, 5.74) is 0.779. The molecular weight excluding hydrogens is 430 g/mol. The first-order valence-electron chi connectivity index (χ1n) is 10.4. The third kappa shape index (κ3) is 4.07. The van der Waals surface area contributed by atoms with Gasteiger partial charge >= 0.3 is 0 Å². The maximum atomic E-state index is 13.1. The summed E-state index contributed by atoms with van der Waals surface area (Å²) >= 11 is 0. The van der Waals surface area contributed by atoms with E-state index < -0.39 is 17.7 Å². The molecule has 9 nitrogen and oxygen atoms in total. The van der Waals surface area contributed by atoms with Gasteiger partial charge in [-0.25, -0.2) is 0 Å². The van der Waals surface area contributed by atoms with E-state index in [1.807, 2.05) is 0 Å². The van der Waals surface area contributed by atoms with Crippen LogP contribution in [0.5, 0.6) is 23.0 Å². The Hall–Kier alpha value is -3.72. The van der Waals surface area contributed by atoms with E-state index in [1.165, 1.54) is 26.2 Å². The average molecular weight is 455 g/mol. The molecule has 0 spiro atoms. The van der Waals surface area contributed by atoms with Crippen molar-refractivity contribution in [1.82, 2.24) is 4.90 Å². The van der Waals surface area contributed by atoms with Crippen LogP contribution in [-0.4, -0.2) is 69.4 Å². The van der Waals surface area contributed by atoms with Crippen molar-refractivity contribution < 1.29 is 38.4 Å². The number of hydrogen-bond donors (Lipinski definition) is 1. The minimum Gasteiger partial charge on any atom is -0.507 e. The third-order valence-corrected chi connectivity index (χ3v) is 5.62. The van der Waals surface area contributed by atoms with Gasteiger partial charge in [-0.15, -0.1) is 0 Å². The summed E-state index contributed by atoms with van der Waals surface area (Å²) in [6.45, 7) is 1.15. The van der Waals surface area contributed by atoms with Crippen LogP contribution in [0.25, 0.3) is 5.76 Å². The summed E-state index contributed by atoms with van der Waals surface area (Å²) in [4.78, 5) is 27.5. The Labute approximate surface area is 191 Å². The number of carbonyl (C=O) groups excluding carboxylic acids is 2. The van der Waals surface area contributed by atoms with Crippen molar-refractivity contribution in [2.45, 2.75) is 6.04 Å². The Balaban J connectivity index is 1.89. The topological polar surface area (TPSA) is 104 Å². The SMILES string of the molecule is COCCN1C(=O)C(=O)C(=C(O)c2ccc3c(c2)OCCO3)C1c1cc(OC)ccc1OC. The van der Waals surface area contributed by atoms with E-state index >= 15 is 0 Å². The van der Waals surface area contributed by atoms with Gasteiger partial charge in [0.2, 0.25) is 0 Å². The maximum absolute atomic E-state index is 13.1. The van der Waals surface area contributed by atoms with Gasteiger partial charge in [-0.3, -0.25) is 9.59 Å². The molecule has 174 valence electrons. The summed E-state index contributed by atoms with van der Waals surface area (Å²) in [7, 11) is 4.52. The number of aliphatic hydroxyl groups excluding tert-OH is 1. The lowest BCUT2D eigenvalue weighted by Crippen LogP contribution is -2.32. The summed E-state index contributed by atoms with van der Waals surface area (Å²) < 4.78 is 27.1. The maximum Gasteiger partial charge on any atom is 0.295 e. The van der Waals surface area contributed by atoms with Gasteiger partial charge < -0.3 is 33.7 Å². The Morgan fingerprint density at radius 3 is 2.48 bits per heavy atom. The van der Waals surface area contributed by atoms with Gasteiger partial charge in [0.05, 0.1) is 32.4 Å². The lowest BCUT2D eigenvalue weighted by molar-refractivity contribution is -0.140. The van der Waals surface area contributed by atoms with E-state index in [2.05, 4.69) is 0 Å². The highest BCUT2D eigenvalue weighted by molar-refractivity contribution is 6.46. The number of ketones is 1. The fourth-order valence-corrected chi connectivity index (χ4v) is 4.02. The molecule has 9 heteroatoms. The molecule has 2 heterocycles. The van der Waals surface area contributed by atoms with Gasteiger partial charge in [-0.1, -0.05) is 0 Å². The van der Waals surface area contributed by atoms with Crippen LogP contribution in [-0.2, 0) is 14.3 Å². The Kier molecular flexibility index (Phi) is 6.41. The van der Waals surface area contributed by atoms with Crippen LogP contribution in [0.15, 0.2) is 42.0 Å². The molecule has 33 heavy (non-hydrogen) atoms. The second kappa shape index (κ2) is 9.41. The quantitative estimate of drug-likeness (QED) is 0.386. The van der Waals surface area contributed by atoms with Gasteiger partial charge in [-0.05, 0) is 36.4 Å². The molecule has 1 N–H and O–H groups in total. The number of fused-ring (bicyclic) bond motifs is 1. The number of ether oxygens (including phenoxy) is 5. The van der Waals surface area contributed by atoms with Crippen molar-refractivity contribution in [3.63, 3.8) is 0 Å². The number of methoxy groups -OCH3 is 3. The van der Waals surface area contributed by atoms with Crippen LogP contribution in [0.1, 0.15) is 17.2 Å². The van der Waals surface area contributed by atoms with E-state index in [9.17, 15) is 14.7 Å². The molecule has 0 aliphatic carbocycles. The number of Topliss-reactive ketones (excluding diaryl/α,β-unsaturated/α-hetero) is 1. The largest absolute Gasteiger partial charge is 0.507 e. The first-order valence-corrected chi connectivity index (χ1v) is 10.4. The van der Waals surface area contributed by atoms with Crippen molar-refractivity contribution in [2.24, 2.45) is 0 Å². The molecule has 1 atom stereocenters. The van der Waals surface area contributed by atoms with E-state index in [-0.39, 0.29) is 24.5 Å². The number of benzene rings is 2. The van der Waals surface area contributed by atoms with Gasteiger partial charge in [0.15, 0.2) is 11.5 Å². The van der Waals surface area contributed by atoms with Gasteiger partial charge in [0.25, 0.3) is 11.7 Å². The number of rotatable bonds is 7. The van der Waals surface area contributed by atoms with E-state index in [0.29, 0.717) is 47.3 Å². The zero-order valence-corrected chi connectivity index (χ0v) is 18.6. The van der Waals surface area contributed by atoms with Crippen molar-refractivity contribution in [1.29, 1.82) is 0 Å². The molecule has 1 fully saturated rings.